The van der Waals surface area contributed by atoms with Crippen molar-refractivity contribution in [3.8, 4) is 0 Å². The zero-order valence-electron chi connectivity index (χ0n) is 8.96. The van der Waals surface area contributed by atoms with Crippen LogP contribution in [0.1, 0.15) is 31.5 Å². The summed E-state index contributed by atoms with van der Waals surface area (Å²) in [6.45, 7) is 2.42. The average Bonchev–Trinajstić information content (AvgIpc) is 2.24. The lowest BCUT2D eigenvalue weighted by Crippen LogP contribution is -2.28. The Kier molecular flexibility index (Phi) is 4.67. The van der Waals surface area contributed by atoms with E-state index in [9.17, 15) is 13.2 Å². The highest BCUT2D eigenvalue weighted by Gasteiger charge is 2.32. The predicted molar refractivity (Wildman–Crippen MR) is 53.7 cm³/mol. The predicted octanol–water partition coefficient (Wildman–Crippen LogP) is 2.47. The molecule has 16 heavy (non-hydrogen) atoms. The molecule has 0 bridgehead atoms. The molecule has 1 atom stereocenters. The van der Waals surface area contributed by atoms with Gasteiger partial charge in [-0.25, -0.2) is 0 Å². The van der Waals surface area contributed by atoms with E-state index in [1.54, 1.807) is 0 Å². The van der Waals surface area contributed by atoms with E-state index in [4.69, 9.17) is 0 Å². The third-order valence-electron chi connectivity index (χ3n) is 2.02. The Labute approximate surface area is 92.1 Å². The van der Waals surface area contributed by atoms with Gasteiger partial charge in [0.25, 0.3) is 0 Å². The van der Waals surface area contributed by atoms with Gasteiger partial charge in [-0.1, -0.05) is 6.92 Å². The molecule has 90 valence electrons. The van der Waals surface area contributed by atoms with Crippen LogP contribution >= 0.6 is 0 Å². The topological polar surface area (TPSA) is 37.8 Å². The number of aromatic nitrogens is 2. The highest BCUT2D eigenvalue weighted by molar-refractivity contribution is 5.02. The zero-order valence-corrected chi connectivity index (χ0v) is 8.96. The summed E-state index contributed by atoms with van der Waals surface area (Å²) in [5.41, 5.74) is 0.327. The fourth-order valence-electron chi connectivity index (χ4n) is 1.32. The first-order valence-corrected chi connectivity index (χ1v) is 5.09. The Balaban J connectivity index is 2.71. The molecule has 1 unspecified atom stereocenters. The molecule has 0 saturated carbocycles. The van der Waals surface area contributed by atoms with Crippen LogP contribution < -0.4 is 5.32 Å². The maximum atomic E-state index is 12.3. The van der Waals surface area contributed by atoms with Crippen LogP contribution in [0.25, 0.3) is 0 Å². The smallest absolute Gasteiger partial charge is 0.308 e. The first kappa shape index (κ1) is 12.9. The van der Waals surface area contributed by atoms with Crippen molar-refractivity contribution in [1.82, 2.24) is 15.3 Å². The van der Waals surface area contributed by atoms with E-state index in [2.05, 4.69) is 15.3 Å². The molecule has 0 aliphatic heterocycles. The highest BCUT2D eigenvalue weighted by atomic mass is 19.4. The van der Waals surface area contributed by atoms with Crippen LogP contribution in [0.3, 0.4) is 0 Å². The van der Waals surface area contributed by atoms with E-state index in [1.807, 2.05) is 6.92 Å². The van der Waals surface area contributed by atoms with Gasteiger partial charge in [-0.15, -0.1) is 0 Å². The summed E-state index contributed by atoms with van der Waals surface area (Å²) in [6, 6.07) is -0.811. The summed E-state index contributed by atoms with van der Waals surface area (Å²) in [7, 11) is 0. The number of hydrogen-bond donors (Lipinski definition) is 1. The van der Waals surface area contributed by atoms with Crippen LogP contribution in [0.5, 0.6) is 0 Å². The van der Waals surface area contributed by atoms with E-state index in [0.717, 1.165) is 6.42 Å². The Morgan fingerprint density at radius 3 is 2.62 bits per heavy atom. The van der Waals surface area contributed by atoms with Gasteiger partial charge < -0.3 is 5.32 Å². The van der Waals surface area contributed by atoms with Gasteiger partial charge in [-0.2, -0.15) is 13.2 Å². The van der Waals surface area contributed by atoms with Crippen molar-refractivity contribution in [2.45, 2.75) is 32.0 Å². The molecule has 1 N–H and O–H groups in total. The summed E-state index contributed by atoms with van der Waals surface area (Å²) >= 11 is 0. The van der Waals surface area contributed by atoms with Crippen molar-refractivity contribution >= 4 is 0 Å². The van der Waals surface area contributed by atoms with Gasteiger partial charge in [0.1, 0.15) is 0 Å². The number of rotatable bonds is 5. The van der Waals surface area contributed by atoms with E-state index >= 15 is 0 Å². The monoisotopic (exact) mass is 233 g/mol. The Morgan fingerprint density at radius 1 is 1.38 bits per heavy atom. The third kappa shape index (κ3) is 4.57. The van der Waals surface area contributed by atoms with Crippen molar-refractivity contribution < 1.29 is 13.2 Å². The second kappa shape index (κ2) is 5.79. The third-order valence-corrected chi connectivity index (χ3v) is 2.02. The largest absolute Gasteiger partial charge is 0.390 e. The maximum absolute atomic E-state index is 12.3. The molecule has 0 radical (unpaired) electrons. The molecule has 0 fully saturated rings. The first-order chi connectivity index (χ1) is 7.53. The molecule has 0 spiro atoms. The highest BCUT2D eigenvalue weighted by Crippen LogP contribution is 2.28. The standard InChI is InChI=1S/C10H14F3N3/c1-2-3-15-8(6-10(11,12)13)9-7-14-4-5-16-9/h4-5,7-8,15H,2-3,6H2,1H3. The lowest BCUT2D eigenvalue weighted by molar-refractivity contribution is -0.140. The molecule has 6 heteroatoms. The van der Waals surface area contributed by atoms with Gasteiger partial charge in [0.15, 0.2) is 0 Å². The van der Waals surface area contributed by atoms with Crippen molar-refractivity contribution in [1.29, 1.82) is 0 Å². The quantitative estimate of drug-likeness (QED) is 0.849. The summed E-state index contributed by atoms with van der Waals surface area (Å²) in [5.74, 6) is 0. The SMILES string of the molecule is CCCNC(CC(F)(F)F)c1cnccn1. The molecule has 3 nitrogen and oxygen atoms in total. The summed E-state index contributed by atoms with van der Waals surface area (Å²) in [5, 5.41) is 2.82. The van der Waals surface area contributed by atoms with Gasteiger partial charge in [-0.3, -0.25) is 9.97 Å². The maximum Gasteiger partial charge on any atom is 0.390 e. The molecule has 1 aromatic rings. The molecule has 0 aliphatic rings. The molecular weight excluding hydrogens is 219 g/mol. The minimum absolute atomic E-state index is 0.327. The number of halogens is 3. The molecule has 0 saturated heterocycles. The van der Waals surface area contributed by atoms with E-state index in [-0.39, 0.29) is 0 Å². The number of nitrogens with zero attached hydrogens (tertiary/aromatic N) is 2. The minimum atomic E-state index is -4.21. The van der Waals surface area contributed by atoms with Gasteiger partial charge in [0.2, 0.25) is 0 Å². The normalized spacial score (nSPS) is 13.8. The zero-order chi connectivity index (χ0) is 12.0. The Bertz CT molecular complexity index is 300. The number of alkyl halides is 3. The summed E-state index contributed by atoms with van der Waals surface area (Å²) < 4.78 is 37.0. The molecule has 0 aromatic carbocycles. The van der Waals surface area contributed by atoms with Crippen LogP contribution in [-0.2, 0) is 0 Å². The second-order valence-corrected chi connectivity index (χ2v) is 3.46. The van der Waals surface area contributed by atoms with Crippen molar-refractivity contribution in [3.05, 3.63) is 24.3 Å². The van der Waals surface area contributed by atoms with Crippen molar-refractivity contribution in [3.63, 3.8) is 0 Å². The van der Waals surface area contributed by atoms with Crippen LogP contribution in [0.4, 0.5) is 13.2 Å². The molecular formula is C10H14F3N3. The lowest BCUT2D eigenvalue weighted by Gasteiger charge is -2.19. The molecule has 1 heterocycles. The van der Waals surface area contributed by atoms with E-state index < -0.39 is 18.6 Å². The van der Waals surface area contributed by atoms with Crippen molar-refractivity contribution in [2.24, 2.45) is 0 Å². The molecule has 1 rings (SSSR count). The van der Waals surface area contributed by atoms with Gasteiger partial charge in [0, 0.05) is 18.6 Å². The second-order valence-electron chi connectivity index (χ2n) is 3.46. The van der Waals surface area contributed by atoms with Gasteiger partial charge >= 0.3 is 6.18 Å². The number of hydrogen-bond acceptors (Lipinski definition) is 3. The molecule has 0 aliphatic carbocycles. The molecule has 1 aromatic heterocycles. The van der Waals surface area contributed by atoms with Crippen LogP contribution in [0, 0.1) is 0 Å². The molecule has 0 amide bonds. The Hall–Kier alpha value is -1.17. The lowest BCUT2D eigenvalue weighted by atomic mass is 10.1. The van der Waals surface area contributed by atoms with Crippen LogP contribution in [-0.4, -0.2) is 22.7 Å². The summed E-state index contributed by atoms with van der Waals surface area (Å²) in [6.07, 6.45) is -0.164. The minimum Gasteiger partial charge on any atom is -0.308 e. The first-order valence-electron chi connectivity index (χ1n) is 5.09. The van der Waals surface area contributed by atoms with Crippen LogP contribution in [0.15, 0.2) is 18.6 Å². The number of nitrogens with one attached hydrogen (secondary N) is 1. The fourth-order valence-corrected chi connectivity index (χ4v) is 1.32. The van der Waals surface area contributed by atoms with Crippen molar-refractivity contribution in [2.75, 3.05) is 6.54 Å². The van der Waals surface area contributed by atoms with E-state index in [0.29, 0.717) is 12.2 Å². The average molecular weight is 233 g/mol. The fraction of sp³-hybridized carbons (Fsp3) is 0.600. The Morgan fingerprint density at radius 2 is 2.12 bits per heavy atom. The summed E-state index contributed by atoms with van der Waals surface area (Å²) in [4.78, 5) is 7.66. The van der Waals surface area contributed by atoms with E-state index in [1.165, 1.54) is 18.6 Å². The van der Waals surface area contributed by atoms with Gasteiger partial charge in [-0.05, 0) is 13.0 Å². The van der Waals surface area contributed by atoms with Gasteiger partial charge in [0.05, 0.1) is 18.2 Å². The van der Waals surface area contributed by atoms with Crippen LogP contribution in [0.2, 0.25) is 0 Å².